The fourth-order valence-corrected chi connectivity index (χ4v) is 0.895. The van der Waals surface area contributed by atoms with Gasteiger partial charge in [-0.15, -0.1) is 0 Å². The Balaban J connectivity index is 3.38. The van der Waals surface area contributed by atoms with E-state index in [1.165, 1.54) is 0 Å². The van der Waals surface area contributed by atoms with Gasteiger partial charge in [-0.25, -0.2) is 0 Å². The van der Waals surface area contributed by atoms with E-state index >= 15 is 0 Å². The van der Waals surface area contributed by atoms with Crippen molar-refractivity contribution in [3.8, 4) is 0 Å². The summed E-state index contributed by atoms with van der Waals surface area (Å²) in [4.78, 5) is 0. The van der Waals surface area contributed by atoms with Crippen molar-refractivity contribution >= 4 is 0 Å². The molecule has 0 aromatic heterocycles. The van der Waals surface area contributed by atoms with Crippen LogP contribution in [0.5, 0.6) is 0 Å². The molecule has 0 aromatic carbocycles. The average molecular weight is 146 g/mol. The van der Waals surface area contributed by atoms with Gasteiger partial charge in [-0.3, -0.25) is 0 Å². The molecule has 10 heavy (non-hydrogen) atoms. The normalized spacial score (nSPS) is 16.8. The monoisotopic (exact) mass is 146 g/mol. The van der Waals surface area contributed by atoms with E-state index in [0.29, 0.717) is 13.0 Å². The lowest BCUT2D eigenvalue weighted by Gasteiger charge is -2.16. The Hall–Kier alpha value is -0.120. The summed E-state index contributed by atoms with van der Waals surface area (Å²) in [6.45, 7) is 2.58. The number of hydrogen-bond donors (Lipinski definition) is 3. The van der Waals surface area contributed by atoms with Crippen molar-refractivity contribution in [1.82, 2.24) is 0 Å². The summed E-state index contributed by atoms with van der Waals surface area (Å²) >= 11 is 0. The van der Waals surface area contributed by atoms with Crippen LogP contribution in [0.4, 0.5) is 0 Å². The van der Waals surface area contributed by atoms with Crippen molar-refractivity contribution in [3.63, 3.8) is 0 Å². The fourth-order valence-electron chi connectivity index (χ4n) is 0.895. The van der Waals surface area contributed by atoms with Crippen LogP contribution in [-0.4, -0.2) is 23.8 Å². The second-order valence-electron chi connectivity index (χ2n) is 2.60. The van der Waals surface area contributed by atoms with Crippen molar-refractivity contribution in [2.45, 2.75) is 38.3 Å². The van der Waals surface area contributed by atoms with Crippen LogP contribution in [0.1, 0.15) is 26.2 Å². The summed E-state index contributed by atoms with van der Waals surface area (Å²) in [5.41, 5.74) is 10.9. The molecule has 0 radical (unpaired) electrons. The van der Waals surface area contributed by atoms with Gasteiger partial charge < -0.3 is 16.6 Å². The maximum atomic E-state index is 9.27. The van der Waals surface area contributed by atoms with Crippen LogP contribution < -0.4 is 11.5 Å². The lowest BCUT2D eigenvalue weighted by atomic mass is 10.0. The minimum Gasteiger partial charge on any atom is -0.392 e. The molecule has 2 unspecified atom stereocenters. The quantitative estimate of drug-likeness (QED) is 0.504. The van der Waals surface area contributed by atoms with Crippen LogP contribution in [0.2, 0.25) is 0 Å². The van der Waals surface area contributed by atoms with Gasteiger partial charge in [0.1, 0.15) is 0 Å². The second-order valence-corrected chi connectivity index (χ2v) is 2.60. The van der Waals surface area contributed by atoms with Crippen molar-refractivity contribution in [3.05, 3.63) is 0 Å². The summed E-state index contributed by atoms with van der Waals surface area (Å²) < 4.78 is 0. The number of nitrogens with two attached hydrogens (primary N) is 2. The molecule has 0 aliphatic rings. The molecule has 2 atom stereocenters. The highest BCUT2D eigenvalue weighted by atomic mass is 16.3. The van der Waals surface area contributed by atoms with Gasteiger partial charge in [0.05, 0.1) is 6.10 Å². The third-order valence-corrected chi connectivity index (χ3v) is 1.58. The summed E-state index contributed by atoms with van der Waals surface area (Å²) in [5.74, 6) is 0. The number of aliphatic hydroxyl groups excluding tert-OH is 1. The van der Waals surface area contributed by atoms with Crippen molar-refractivity contribution < 1.29 is 5.11 Å². The van der Waals surface area contributed by atoms with Gasteiger partial charge in [-0.2, -0.15) is 0 Å². The lowest BCUT2D eigenvalue weighted by Crippen LogP contribution is -2.36. The molecule has 0 spiro atoms. The first-order valence-corrected chi connectivity index (χ1v) is 3.86. The molecular formula is C7H18N2O. The molecule has 0 saturated carbocycles. The first-order valence-electron chi connectivity index (χ1n) is 3.86. The molecule has 0 rings (SSSR count). The van der Waals surface area contributed by atoms with Gasteiger partial charge in [-0.05, 0) is 19.4 Å². The lowest BCUT2D eigenvalue weighted by molar-refractivity contribution is 0.131. The Kier molecular flexibility index (Phi) is 5.58. The van der Waals surface area contributed by atoms with E-state index in [1.54, 1.807) is 0 Å². The molecule has 0 aliphatic carbocycles. The van der Waals surface area contributed by atoms with Gasteiger partial charge in [-0.1, -0.05) is 13.3 Å². The Bertz CT molecular complexity index is 68.0. The molecule has 3 nitrogen and oxygen atoms in total. The number of aliphatic hydroxyl groups is 1. The molecule has 0 saturated heterocycles. The Labute approximate surface area is 62.4 Å². The molecule has 3 heteroatoms. The maximum absolute atomic E-state index is 9.27. The van der Waals surface area contributed by atoms with E-state index in [1.807, 2.05) is 6.92 Å². The van der Waals surface area contributed by atoms with Crippen LogP contribution in [0.25, 0.3) is 0 Å². The standard InChI is InChI=1S/C7H18N2O/c1-2-3-7(10)6(9)4-5-8/h6-7,10H,2-5,8-9H2,1H3. The second kappa shape index (κ2) is 5.65. The highest BCUT2D eigenvalue weighted by Gasteiger charge is 2.11. The zero-order valence-corrected chi connectivity index (χ0v) is 6.59. The summed E-state index contributed by atoms with van der Waals surface area (Å²) in [5, 5.41) is 9.27. The first kappa shape index (κ1) is 9.88. The van der Waals surface area contributed by atoms with Crippen molar-refractivity contribution in [2.75, 3.05) is 6.54 Å². The van der Waals surface area contributed by atoms with E-state index in [2.05, 4.69) is 0 Å². The molecule has 0 aliphatic heterocycles. The minimum absolute atomic E-state index is 0.134. The minimum atomic E-state index is -0.367. The molecule has 5 N–H and O–H groups in total. The largest absolute Gasteiger partial charge is 0.392 e. The summed E-state index contributed by atoms with van der Waals surface area (Å²) in [6.07, 6.45) is 2.09. The highest BCUT2D eigenvalue weighted by molar-refractivity contribution is 4.70. The zero-order chi connectivity index (χ0) is 7.98. The van der Waals surface area contributed by atoms with E-state index in [0.717, 1.165) is 12.8 Å². The zero-order valence-electron chi connectivity index (χ0n) is 6.59. The maximum Gasteiger partial charge on any atom is 0.0691 e. The smallest absolute Gasteiger partial charge is 0.0691 e. The topological polar surface area (TPSA) is 72.3 Å². The number of hydrogen-bond acceptors (Lipinski definition) is 3. The van der Waals surface area contributed by atoms with Crippen molar-refractivity contribution in [1.29, 1.82) is 0 Å². The van der Waals surface area contributed by atoms with Crippen LogP contribution in [-0.2, 0) is 0 Å². The molecule has 0 bridgehead atoms. The first-order chi connectivity index (χ1) is 4.72. The molecule has 0 heterocycles. The van der Waals surface area contributed by atoms with Gasteiger partial charge in [0.25, 0.3) is 0 Å². The van der Waals surface area contributed by atoms with Gasteiger partial charge >= 0.3 is 0 Å². The third kappa shape index (κ3) is 3.82. The van der Waals surface area contributed by atoms with E-state index in [-0.39, 0.29) is 12.1 Å². The van der Waals surface area contributed by atoms with E-state index in [4.69, 9.17) is 11.5 Å². The van der Waals surface area contributed by atoms with Crippen LogP contribution >= 0.6 is 0 Å². The van der Waals surface area contributed by atoms with Gasteiger partial charge in [0, 0.05) is 6.04 Å². The Morgan fingerprint density at radius 3 is 2.40 bits per heavy atom. The van der Waals surface area contributed by atoms with E-state index in [9.17, 15) is 5.11 Å². The predicted octanol–water partition coefficient (Wildman–Crippen LogP) is -0.176. The molecule has 62 valence electrons. The SMILES string of the molecule is CCCC(O)C(N)CCN. The third-order valence-electron chi connectivity index (χ3n) is 1.58. The summed E-state index contributed by atoms with van der Waals surface area (Å²) in [6, 6.07) is -0.134. The molecule has 0 amide bonds. The molecule has 0 aromatic rings. The molecular weight excluding hydrogens is 128 g/mol. The van der Waals surface area contributed by atoms with Crippen molar-refractivity contribution in [2.24, 2.45) is 11.5 Å². The van der Waals surface area contributed by atoms with Crippen LogP contribution in [0.15, 0.2) is 0 Å². The Morgan fingerprint density at radius 1 is 1.40 bits per heavy atom. The Morgan fingerprint density at radius 2 is 2.00 bits per heavy atom. The molecule has 0 fully saturated rings. The predicted molar refractivity (Wildman–Crippen MR) is 42.6 cm³/mol. The van der Waals surface area contributed by atoms with Crippen LogP contribution in [0.3, 0.4) is 0 Å². The fraction of sp³-hybridized carbons (Fsp3) is 1.00. The number of rotatable bonds is 5. The van der Waals surface area contributed by atoms with Crippen LogP contribution in [0, 0.1) is 0 Å². The average Bonchev–Trinajstić information content (AvgIpc) is 1.89. The highest BCUT2D eigenvalue weighted by Crippen LogP contribution is 2.01. The van der Waals surface area contributed by atoms with Gasteiger partial charge in [0.15, 0.2) is 0 Å². The summed E-state index contributed by atoms with van der Waals surface area (Å²) in [7, 11) is 0. The van der Waals surface area contributed by atoms with Gasteiger partial charge in [0.2, 0.25) is 0 Å². The van der Waals surface area contributed by atoms with E-state index < -0.39 is 0 Å².